The van der Waals surface area contributed by atoms with E-state index in [9.17, 15) is 4.39 Å². The first-order valence-corrected chi connectivity index (χ1v) is 5.48. The minimum Gasteiger partial charge on any atom is -0.380 e. The lowest BCUT2D eigenvalue weighted by molar-refractivity contribution is 0.130. The Morgan fingerprint density at radius 2 is 2.33 bits per heavy atom. The monoisotopic (exact) mass is 252 g/mol. The number of hydrogen-bond acceptors (Lipinski definition) is 6. The molecular formula is C11H13FN4O2. The Balaban J connectivity index is 2.15. The summed E-state index contributed by atoms with van der Waals surface area (Å²) in [5.74, 6) is 0.0394. The van der Waals surface area contributed by atoms with E-state index in [-0.39, 0.29) is 5.89 Å². The molecule has 18 heavy (non-hydrogen) atoms. The molecule has 0 radical (unpaired) electrons. The predicted molar refractivity (Wildman–Crippen MR) is 60.9 cm³/mol. The van der Waals surface area contributed by atoms with Crippen molar-refractivity contribution in [1.82, 2.24) is 15.1 Å². The molecule has 0 saturated heterocycles. The van der Waals surface area contributed by atoms with E-state index >= 15 is 0 Å². The summed E-state index contributed by atoms with van der Waals surface area (Å²) in [6.45, 7) is 2.73. The van der Waals surface area contributed by atoms with Crippen molar-refractivity contribution in [2.75, 3.05) is 13.2 Å². The number of rotatable bonds is 5. The molecule has 0 bridgehead atoms. The number of nitrogens with zero attached hydrogens (tertiary/aromatic N) is 3. The van der Waals surface area contributed by atoms with Crippen molar-refractivity contribution in [3.63, 3.8) is 0 Å². The van der Waals surface area contributed by atoms with Crippen LogP contribution in [0.15, 0.2) is 23.0 Å². The third kappa shape index (κ3) is 2.88. The van der Waals surface area contributed by atoms with Crippen LogP contribution in [0.2, 0.25) is 0 Å². The van der Waals surface area contributed by atoms with E-state index in [0.717, 1.165) is 6.20 Å². The van der Waals surface area contributed by atoms with E-state index in [1.165, 1.54) is 12.3 Å². The average molecular weight is 252 g/mol. The van der Waals surface area contributed by atoms with Gasteiger partial charge >= 0.3 is 0 Å². The molecule has 1 unspecified atom stereocenters. The van der Waals surface area contributed by atoms with E-state index in [2.05, 4.69) is 15.1 Å². The van der Waals surface area contributed by atoms with Gasteiger partial charge in [-0.1, -0.05) is 5.16 Å². The third-order valence-corrected chi connectivity index (χ3v) is 2.23. The molecule has 0 aliphatic heterocycles. The maximum Gasteiger partial charge on any atom is 0.259 e. The second-order valence-electron chi connectivity index (χ2n) is 3.62. The molecule has 2 heterocycles. The molecule has 6 nitrogen and oxygen atoms in total. The largest absolute Gasteiger partial charge is 0.380 e. The van der Waals surface area contributed by atoms with E-state index in [4.69, 9.17) is 15.0 Å². The summed E-state index contributed by atoms with van der Waals surface area (Å²) in [4.78, 5) is 7.79. The number of ether oxygens (including phenoxy) is 1. The maximum absolute atomic E-state index is 13.0. The smallest absolute Gasteiger partial charge is 0.259 e. The van der Waals surface area contributed by atoms with Crippen LogP contribution < -0.4 is 5.73 Å². The number of nitrogens with two attached hydrogens (primary N) is 1. The summed E-state index contributed by atoms with van der Waals surface area (Å²) in [5.41, 5.74) is 6.22. The van der Waals surface area contributed by atoms with Gasteiger partial charge in [0.05, 0.1) is 24.4 Å². The van der Waals surface area contributed by atoms with Crippen LogP contribution in [0, 0.1) is 5.82 Å². The van der Waals surface area contributed by atoms with Gasteiger partial charge in [0, 0.05) is 12.8 Å². The van der Waals surface area contributed by atoms with Crippen molar-refractivity contribution in [3.05, 3.63) is 30.1 Å². The predicted octanol–water partition coefficient (Wildman–Crippen LogP) is 1.31. The van der Waals surface area contributed by atoms with Crippen molar-refractivity contribution in [2.45, 2.75) is 13.0 Å². The van der Waals surface area contributed by atoms with Crippen molar-refractivity contribution in [2.24, 2.45) is 5.73 Å². The van der Waals surface area contributed by atoms with Crippen LogP contribution in [0.3, 0.4) is 0 Å². The van der Waals surface area contributed by atoms with Gasteiger partial charge < -0.3 is 15.0 Å². The summed E-state index contributed by atoms with van der Waals surface area (Å²) >= 11 is 0. The lowest BCUT2D eigenvalue weighted by Gasteiger charge is -2.05. The molecule has 96 valence electrons. The number of pyridine rings is 1. The molecular weight excluding hydrogens is 239 g/mol. The zero-order valence-corrected chi connectivity index (χ0v) is 9.84. The third-order valence-electron chi connectivity index (χ3n) is 2.23. The first kappa shape index (κ1) is 12.6. The normalized spacial score (nSPS) is 12.6. The number of halogens is 1. The molecule has 2 N–H and O–H groups in total. The van der Waals surface area contributed by atoms with Crippen LogP contribution in [0.4, 0.5) is 4.39 Å². The Morgan fingerprint density at radius 1 is 1.50 bits per heavy atom. The van der Waals surface area contributed by atoms with Crippen LogP contribution in [-0.4, -0.2) is 28.3 Å². The molecule has 0 aromatic carbocycles. The molecule has 0 fully saturated rings. The van der Waals surface area contributed by atoms with E-state index < -0.39 is 11.9 Å². The van der Waals surface area contributed by atoms with E-state index in [1.807, 2.05) is 6.92 Å². The highest BCUT2D eigenvalue weighted by Gasteiger charge is 2.15. The highest BCUT2D eigenvalue weighted by Crippen LogP contribution is 2.18. The van der Waals surface area contributed by atoms with Crippen molar-refractivity contribution in [3.8, 4) is 11.5 Å². The quantitative estimate of drug-likeness (QED) is 0.863. The standard InChI is InChI=1S/C11H13FN4O2/c1-2-17-6-9(13)10-15-11(18-16-10)7-3-8(12)5-14-4-7/h3-5,9H,2,6,13H2,1H3. The van der Waals surface area contributed by atoms with E-state index in [0.29, 0.717) is 24.6 Å². The highest BCUT2D eigenvalue weighted by atomic mass is 19.1. The zero-order valence-electron chi connectivity index (χ0n) is 9.84. The Bertz CT molecular complexity index is 517. The minimum absolute atomic E-state index is 0.184. The van der Waals surface area contributed by atoms with Gasteiger partial charge in [-0.25, -0.2) is 4.39 Å². The summed E-state index contributed by atoms with van der Waals surface area (Å²) in [5, 5.41) is 3.73. The van der Waals surface area contributed by atoms with Gasteiger partial charge in [0.2, 0.25) is 0 Å². The Labute approximate surface area is 103 Å². The minimum atomic E-state index is -0.469. The van der Waals surface area contributed by atoms with Crippen LogP contribution in [0.25, 0.3) is 11.5 Å². The molecule has 7 heteroatoms. The fourth-order valence-corrected chi connectivity index (χ4v) is 1.35. The van der Waals surface area contributed by atoms with Gasteiger partial charge in [-0.15, -0.1) is 0 Å². The molecule has 2 aromatic heterocycles. The summed E-state index contributed by atoms with van der Waals surface area (Å²) in [6.07, 6.45) is 2.54. The molecule has 0 saturated carbocycles. The van der Waals surface area contributed by atoms with Gasteiger partial charge in [-0.3, -0.25) is 4.98 Å². The highest BCUT2D eigenvalue weighted by molar-refractivity contribution is 5.50. The second kappa shape index (κ2) is 5.65. The van der Waals surface area contributed by atoms with Crippen LogP contribution in [0.1, 0.15) is 18.8 Å². The topological polar surface area (TPSA) is 87.1 Å². The van der Waals surface area contributed by atoms with Gasteiger partial charge in [-0.05, 0) is 13.0 Å². The summed E-state index contributed by atoms with van der Waals surface area (Å²) in [7, 11) is 0. The Morgan fingerprint density at radius 3 is 3.06 bits per heavy atom. The van der Waals surface area contributed by atoms with E-state index in [1.54, 1.807) is 0 Å². The Hall–Kier alpha value is -1.86. The molecule has 2 rings (SSSR count). The van der Waals surface area contributed by atoms with Gasteiger partial charge in [-0.2, -0.15) is 4.98 Å². The summed E-state index contributed by atoms with van der Waals surface area (Å²) in [6, 6.07) is 0.794. The summed E-state index contributed by atoms with van der Waals surface area (Å²) < 4.78 is 23.2. The van der Waals surface area contributed by atoms with Crippen molar-refractivity contribution in [1.29, 1.82) is 0 Å². The zero-order chi connectivity index (χ0) is 13.0. The fourth-order valence-electron chi connectivity index (χ4n) is 1.35. The second-order valence-corrected chi connectivity index (χ2v) is 3.62. The number of aromatic nitrogens is 3. The molecule has 0 aliphatic rings. The number of hydrogen-bond donors (Lipinski definition) is 1. The van der Waals surface area contributed by atoms with Gasteiger partial charge in [0.1, 0.15) is 5.82 Å². The fraction of sp³-hybridized carbons (Fsp3) is 0.364. The molecule has 1 atom stereocenters. The lowest BCUT2D eigenvalue weighted by atomic mass is 10.3. The SMILES string of the molecule is CCOCC(N)c1noc(-c2cncc(F)c2)n1. The molecule has 0 spiro atoms. The first-order valence-electron chi connectivity index (χ1n) is 5.48. The average Bonchev–Trinajstić information content (AvgIpc) is 2.85. The van der Waals surface area contributed by atoms with Crippen LogP contribution >= 0.6 is 0 Å². The van der Waals surface area contributed by atoms with Crippen LogP contribution in [-0.2, 0) is 4.74 Å². The Kier molecular flexibility index (Phi) is 3.96. The maximum atomic E-state index is 13.0. The van der Waals surface area contributed by atoms with Crippen molar-refractivity contribution >= 4 is 0 Å². The molecule has 0 aliphatic carbocycles. The van der Waals surface area contributed by atoms with Gasteiger partial charge in [0.15, 0.2) is 5.82 Å². The van der Waals surface area contributed by atoms with Crippen molar-refractivity contribution < 1.29 is 13.7 Å². The molecule has 0 amide bonds. The van der Waals surface area contributed by atoms with Crippen LogP contribution in [0.5, 0.6) is 0 Å². The molecule has 2 aromatic rings. The lowest BCUT2D eigenvalue weighted by Crippen LogP contribution is -2.18. The first-order chi connectivity index (χ1) is 8.70. The van der Waals surface area contributed by atoms with Gasteiger partial charge in [0.25, 0.3) is 5.89 Å².